The molecule has 0 spiro atoms. The number of carbonyl (C=O) groups is 4. The Balaban J connectivity index is 0.952. The fourth-order valence-corrected chi connectivity index (χ4v) is 7.90. The van der Waals surface area contributed by atoms with Gasteiger partial charge in [-0.05, 0) is 68.0 Å². The van der Waals surface area contributed by atoms with Crippen LogP contribution < -0.4 is 11.1 Å². The van der Waals surface area contributed by atoms with E-state index in [0.717, 1.165) is 63.2 Å². The lowest BCUT2D eigenvalue weighted by atomic mass is 9.98. The molecular weight excluding hydrogens is 709 g/mol. The van der Waals surface area contributed by atoms with E-state index in [0.29, 0.717) is 43.9 Å². The zero-order chi connectivity index (χ0) is 39.1. The Morgan fingerprint density at radius 3 is 2.57 bits per heavy atom. The van der Waals surface area contributed by atoms with Gasteiger partial charge in [0.15, 0.2) is 0 Å². The van der Waals surface area contributed by atoms with Crippen LogP contribution in [0.5, 0.6) is 0 Å². The zero-order valence-corrected chi connectivity index (χ0v) is 31.5. The third-order valence-electron chi connectivity index (χ3n) is 11.1. The molecule has 0 saturated carbocycles. The Bertz CT molecular complexity index is 2460. The second kappa shape index (κ2) is 15.0. The van der Waals surface area contributed by atoms with Crippen molar-refractivity contribution in [1.29, 1.82) is 0 Å². The van der Waals surface area contributed by atoms with E-state index < -0.39 is 11.9 Å². The number of pyridine rings is 2. The van der Waals surface area contributed by atoms with E-state index >= 15 is 0 Å². The Labute approximate surface area is 324 Å². The number of carbonyl (C=O) groups excluding carboxylic acids is 4. The first-order valence-corrected chi connectivity index (χ1v) is 18.9. The van der Waals surface area contributed by atoms with E-state index in [4.69, 9.17) is 20.4 Å². The van der Waals surface area contributed by atoms with Crippen molar-refractivity contribution in [1.82, 2.24) is 34.6 Å². The van der Waals surface area contributed by atoms with Gasteiger partial charge in [-0.2, -0.15) is 0 Å². The number of ether oxygens (including phenoxy) is 1. The van der Waals surface area contributed by atoms with Crippen LogP contribution in [0, 0.1) is 11.8 Å². The van der Waals surface area contributed by atoms with Gasteiger partial charge in [0, 0.05) is 85.7 Å². The maximum absolute atomic E-state index is 13.1. The molecule has 13 heteroatoms. The average Bonchev–Trinajstić information content (AvgIpc) is 3.77. The van der Waals surface area contributed by atoms with Crippen molar-refractivity contribution < 1.29 is 23.9 Å². The first-order chi connectivity index (χ1) is 27.1. The molecule has 3 aliphatic rings. The van der Waals surface area contributed by atoms with Gasteiger partial charge in [-0.1, -0.05) is 36.1 Å². The third-order valence-corrected chi connectivity index (χ3v) is 11.1. The normalized spacial score (nSPS) is 17.3. The highest BCUT2D eigenvalue weighted by molar-refractivity contribution is 6.01. The van der Waals surface area contributed by atoms with Gasteiger partial charge in [0.2, 0.25) is 11.8 Å². The standard InChI is InChI=1S/C43H42N8O5/c1-25(39(44)52)50-23-34-27(9-6-12-32(34)43(50)55)8-4-5-17-45-41(53)35-14-13-30(21-46-35)36-20-29-10-7-11-31(33(29)22-47-36)38-37-24-49(3)42(54)26(2)51(37)40(48-38)28-15-18-56-19-16-28/h6-7,9-14,20-22,25-26,28H,5,15-19,23-24H2,1-3H3,(H2,44,52)(H,45,53). The molecule has 3 N–H and O–H groups in total. The van der Waals surface area contributed by atoms with Crippen LogP contribution in [0.1, 0.15) is 88.6 Å². The molecule has 2 atom stereocenters. The predicted molar refractivity (Wildman–Crippen MR) is 209 cm³/mol. The van der Waals surface area contributed by atoms with Gasteiger partial charge in [-0.15, -0.1) is 0 Å². The van der Waals surface area contributed by atoms with Crippen molar-refractivity contribution in [2.24, 2.45) is 5.73 Å². The molecule has 8 rings (SSSR count). The second-order valence-electron chi connectivity index (χ2n) is 14.6. The lowest BCUT2D eigenvalue weighted by molar-refractivity contribution is -0.135. The molecule has 1 fully saturated rings. The first kappa shape index (κ1) is 36.6. The predicted octanol–water partition coefficient (Wildman–Crippen LogP) is 4.59. The van der Waals surface area contributed by atoms with Crippen LogP contribution in [0.3, 0.4) is 0 Å². The monoisotopic (exact) mass is 750 g/mol. The molecule has 1 saturated heterocycles. The minimum absolute atomic E-state index is 0.0832. The molecule has 13 nitrogen and oxygen atoms in total. The van der Waals surface area contributed by atoms with Gasteiger partial charge in [-0.25, -0.2) is 4.98 Å². The lowest BCUT2D eigenvalue weighted by Gasteiger charge is -2.32. The van der Waals surface area contributed by atoms with Crippen molar-refractivity contribution in [3.05, 3.63) is 101 Å². The number of aromatic nitrogens is 4. The summed E-state index contributed by atoms with van der Waals surface area (Å²) < 4.78 is 7.80. The summed E-state index contributed by atoms with van der Waals surface area (Å²) in [4.78, 5) is 68.2. The number of amides is 4. The topological polar surface area (TPSA) is 166 Å². The molecule has 5 aromatic rings. The molecule has 56 heavy (non-hydrogen) atoms. The largest absolute Gasteiger partial charge is 0.381 e. The molecular formula is C43H42N8O5. The van der Waals surface area contributed by atoms with Gasteiger partial charge < -0.3 is 30.2 Å². The molecule has 2 aromatic carbocycles. The molecule has 6 heterocycles. The number of benzene rings is 2. The molecule has 0 radical (unpaired) electrons. The molecule has 3 aliphatic heterocycles. The fraction of sp³-hybridized carbons (Fsp3) is 0.326. The summed E-state index contributed by atoms with van der Waals surface area (Å²) in [5.41, 5.74) is 12.1. The van der Waals surface area contributed by atoms with Crippen LogP contribution >= 0.6 is 0 Å². The summed E-state index contributed by atoms with van der Waals surface area (Å²) in [5, 5.41) is 4.81. The first-order valence-electron chi connectivity index (χ1n) is 18.9. The number of fused-ring (bicyclic) bond motifs is 3. The van der Waals surface area contributed by atoms with Gasteiger partial charge in [0.25, 0.3) is 11.8 Å². The highest BCUT2D eigenvalue weighted by atomic mass is 16.5. The quantitative estimate of drug-likeness (QED) is 0.172. The highest BCUT2D eigenvalue weighted by Gasteiger charge is 2.36. The molecule has 4 amide bonds. The summed E-state index contributed by atoms with van der Waals surface area (Å²) in [6, 6.07) is 15.9. The van der Waals surface area contributed by atoms with Crippen molar-refractivity contribution in [3.8, 4) is 34.4 Å². The number of hydrogen-bond donors (Lipinski definition) is 2. The lowest BCUT2D eigenvalue weighted by Crippen LogP contribution is -2.42. The van der Waals surface area contributed by atoms with E-state index in [9.17, 15) is 19.2 Å². The molecule has 2 unspecified atom stereocenters. The average molecular weight is 751 g/mol. The number of likely N-dealkylation sites (N-methyl/N-ethyl adjacent to an activating group) is 1. The van der Waals surface area contributed by atoms with Crippen LogP contribution in [-0.4, -0.2) is 85.8 Å². The molecule has 3 aromatic heterocycles. The highest BCUT2D eigenvalue weighted by Crippen LogP contribution is 2.40. The van der Waals surface area contributed by atoms with E-state index in [-0.39, 0.29) is 41.9 Å². The number of nitrogens with one attached hydrogen (secondary N) is 1. The minimum atomic E-state index is -0.719. The van der Waals surface area contributed by atoms with E-state index in [1.807, 2.05) is 50.5 Å². The summed E-state index contributed by atoms with van der Waals surface area (Å²) in [5.74, 6) is 6.33. The van der Waals surface area contributed by atoms with E-state index in [2.05, 4.69) is 32.8 Å². The maximum atomic E-state index is 13.1. The van der Waals surface area contributed by atoms with Crippen molar-refractivity contribution >= 4 is 34.4 Å². The van der Waals surface area contributed by atoms with Crippen molar-refractivity contribution in [2.45, 2.75) is 64.2 Å². The number of rotatable bonds is 8. The van der Waals surface area contributed by atoms with Gasteiger partial charge in [0.1, 0.15) is 23.6 Å². The summed E-state index contributed by atoms with van der Waals surface area (Å²) >= 11 is 0. The van der Waals surface area contributed by atoms with Crippen molar-refractivity contribution in [3.63, 3.8) is 0 Å². The fourth-order valence-electron chi connectivity index (χ4n) is 7.90. The van der Waals surface area contributed by atoms with Crippen LogP contribution in [0.2, 0.25) is 0 Å². The molecule has 0 bridgehead atoms. The molecule has 284 valence electrons. The van der Waals surface area contributed by atoms with Crippen molar-refractivity contribution in [2.75, 3.05) is 26.8 Å². The maximum Gasteiger partial charge on any atom is 0.269 e. The third kappa shape index (κ3) is 6.66. The number of primary amides is 1. The smallest absolute Gasteiger partial charge is 0.269 e. The summed E-state index contributed by atoms with van der Waals surface area (Å²) in [6.45, 7) is 6.00. The van der Waals surface area contributed by atoms with E-state index in [1.54, 1.807) is 36.2 Å². The Kier molecular flexibility index (Phi) is 9.82. The Morgan fingerprint density at radius 1 is 1.02 bits per heavy atom. The summed E-state index contributed by atoms with van der Waals surface area (Å²) in [7, 11) is 1.84. The minimum Gasteiger partial charge on any atom is -0.381 e. The number of imidazole rings is 1. The summed E-state index contributed by atoms with van der Waals surface area (Å²) in [6.07, 6.45) is 5.64. The zero-order valence-electron chi connectivity index (χ0n) is 31.5. The van der Waals surface area contributed by atoms with E-state index in [1.165, 1.54) is 4.90 Å². The second-order valence-corrected chi connectivity index (χ2v) is 14.6. The van der Waals surface area contributed by atoms with Crippen LogP contribution in [0.25, 0.3) is 33.3 Å². The Hall–Kier alpha value is -6.39. The van der Waals surface area contributed by atoms with Gasteiger partial charge >= 0.3 is 0 Å². The number of nitrogens with two attached hydrogens (primary N) is 1. The molecule has 0 aliphatic carbocycles. The SMILES string of the molecule is CC(C(N)=O)N1Cc2c(C#CCCNC(=O)c3ccc(-c4cc5cccc(-c6nc(C7CCOCC7)n7c6CN(C)C(=O)C7C)c5cn4)cn3)cccc2C1=O. The van der Waals surface area contributed by atoms with Gasteiger partial charge in [0.05, 0.1) is 23.6 Å². The van der Waals surface area contributed by atoms with Crippen LogP contribution in [0.4, 0.5) is 0 Å². The number of nitrogens with zero attached hydrogens (tertiary/aromatic N) is 6. The van der Waals surface area contributed by atoms with Gasteiger partial charge in [-0.3, -0.25) is 29.1 Å². The Morgan fingerprint density at radius 2 is 1.80 bits per heavy atom. The van der Waals surface area contributed by atoms with Crippen LogP contribution in [0.15, 0.2) is 67.0 Å². The van der Waals surface area contributed by atoms with Crippen LogP contribution in [-0.2, 0) is 27.4 Å². The number of hydrogen-bond acceptors (Lipinski definition) is 8.